The highest BCUT2D eigenvalue weighted by Gasteiger charge is 1.98. The standard InChI is InChI=1S/C7H11N3O/c8-2-1-4-10-5-3-9-7(10)6-11/h3,5-6H,1-2,4,8H2. The Bertz CT molecular complexity index is 231. The zero-order chi connectivity index (χ0) is 8.10. The molecule has 11 heavy (non-hydrogen) atoms. The Morgan fingerprint density at radius 2 is 2.55 bits per heavy atom. The summed E-state index contributed by atoms with van der Waals surface area (Å²) in [6, 6.07) is 0. The number of aryl methyl sites for hydroxylation is 1. The van der Waals surface area contributed by atoms with E-state index in [-0.39, 0.29) is 0 Å². The molecule has 0 spiro atoms. The number of nitrogens with two attached hydrogens (primary N) is 1. The Morgan fingerprint density at radius 1 is 1.73 bits per heavy atom. The van der Waals surface area contributed by atoms with Gasteiger partial charge in [0.1, 0.15) is 0 Å². The van der Waals surface area contributed by atoms with Crippen LogP contribution in [0.3, 0.4) is 0 Å². The first-order valence-corrected chi connectivity index (χ1v) is 3.55. The fraction of sp³-hybridized carbons (Fsp3) is 0.429. The van der Waals surface area contributed by atoms with Crippen LogP contribution in [-0.4, -0.2) is 22.4 Å². The average Bonchev–Trinajstić information content (AvgIpc) is 2.47. The highest BCUT2D eigenvalue weighted by atomic mass is 16.1. The van der Waals surface area contributed by atoms with Gasteiger partial charge in [0, 0.05) is 18.9 Å². The summed E-state index contributed by atoms with van der Waals surface area (Å²) in [7, 11) is 0. The van der Waals surface area contributed by atoms with Gasteiger partial charge in [0.15, 0.2) is 12.1 Å². The van der Waals surface area contributed by atoms with Crippen LogP contribution in [0.5, 0.6) is 0 Å². The van der Waals surface area contributed by atoms with Crippen molar-refractivity contribution in [1.82, 2.24) is 9.55 Å². The maximum atomic E-state index is 10.3. The molecule has 0 amide bonds. The predicted octanol–water partition coefficient (Wildman–Crippen LogP) is 0.0444. The molecular formula is C7H11N3O. The Morgan fingerprint density at radius 3 is 3.18 bits per heavy atom. The van der Waals surface area contributed by atoms with E-state index in [9.17, 15) is 4.79 Å². The third kappa shape index (κ3) is 1.88. The fourth-order valence-electron chi connectivity index (χ4n) is 0.890. The van der Waals surface area contributed by atoms with Gasteiger partial charge in [-0.1, -0.05) is 0 Å². The van der Waals surface area contributed by atoms with Crippen molar-refractivity contribution < 1.29 is 4.79 Å². The summed E-state index contributed by atoms with van der Waals surface area (Å²) in [6.45, 7) is 1.40. The molecule has 0 atom stereocenters. The molecule has 0 unspecified atom stereocenters. The molecule has 0 aliphatic carbocycles. The van der Waals surface area contributed by atoms with E-state index in [0.29, 0.717) is 12.4 Å². The lowest BCUT2D eigenvalue weighted by atomic mass is 10.4. The minimum absolute atomic E-state index is 0.471. The molecule has 0 bridgehead atoms. The Balaban J connectivity index is 2.61. The summed E-state index contributed by atoms with van der Waals surface area (Å²) < 4.78 is 1.79. The van der Waals surface area contributed by atoms with Gasteiger partial charge in [-0.2, -0.15) is 0 Å². The van der Waals surface area contributed by atoms with Gasteiger partial charge in [-0.05, 0) is 13.0 Å². The van der Waals surface area contributed by atoms with Gasteiger partial charge in [0.05, 0.1) is 0 Å². The summed E-state index contributed by atoms with van der Waals surface area (Å²) >= 11 is 0. The monoisotopic (exact) mass is 153 g/mol. The third-order valence-corrected chi connectivity index (χ3v) is 1.46. The number of aldehydes is 1. The number of carbonyl (C=O) groups excluding carboxylic acids is 1. The number of nitrogens with zero attached hydrogens (tertiary/aromatic N) is 2. The minimum atomic E-state index is 0.471. The molecule has 0 aromatic carbocycles. The smallest absolute Gasteiger partial charge is 0.185 e. The normalized spacial score (nSPS) is 9.91. The van der Waals surface area contributed by atoms with Gasteiger partial charge in [-0.3, -0.25) is 4.79 Å². The number of aromatic nitrogens is 2. The summed E-state index contributed by atoms with van der Waals surface area (Å²) in [5, 5.41) is 0. The van der Waals surface area contributed by atoms with Crippen LogP contribution >= 0.6 is 0 Å². The molecule has 0 radical (unpaired) electrons. The highest BCUT2D eigenvalue weighted by molar-refractivity contribution is 5.69. The molecule has 4 heteroatoms. The summed E-state index contributed by atoms with van der Waals surface area (Å²) in [6.07, 6.45) is 5.01. The van der Waals surface area contributed by atoms with Gasteiger partial charge >= 0.3 is 0 Å². The van der Waals surface area contributed by atoms with Crippen LogP contribution in [0.1, 0.15) is 17.0 Å². The molecular weight excluding hydrogens is 142 g/mol. The molecule has 1 aromatic heterocycles. The quantitative estimate of drug-likeness (QED) is 0.621. The predicted molar refractivity (Wildman–Crippen MR) is 41.3 cm³/mol. The van der Waals surface area contributed by atoms with Crippen molar-refractivity contribution >= 4 is 6.29 Å². The Hall–Kier alpha value is -1.16. The SMILES string of the molecule is NCCCn1ccnc1C=O. The lowest BCUT2D eigenvalue weighted by Gasteiger charge is -2.00. The van der Waals surface area contributed by atoms with E-state index in [4.69, 9.17) is 5.73 Å². The number of rotatable bonds is 4. The maximum absolute atomic E-state index is 10.3. The zero-order valence-corrected chi connectivity index (χ0v) is 6.23. The van der Waals surface area contributed by atoms with Crippen molar-refractivity contribution in [2.24, 2.45) is 5.73 Å². The largest absolute Gasteiger partial charge is 0.330 e. The van der Waals surface area contributed by atoms with Crippen molar-refractivity contribution in [3.8, 4) is 0 Å². The van der Waals surface area contributed by atoms with E-state index in [1.165, 1.54) is 0 Å². The minimum Gasteiger partial charge on any atom is -0.330 e. The third-order valence-electron chi connectivity index (χ3n) is 1.46. The first kappa shape index (κ1) is 7.94. The number of imidazole rings is 1. The van der Waals surface area contributed by atoms with Gasteiger partial charge in [0.25, 0.3) is 0 Å². The van der Waals surface area contributed by atoms with Crippen molar-refractivity contribution in [2.75, 3.05) is 6.54 Å². The van der Waals surface area contributed by atoms with E-state index < -0.39 is 0 Å². The Labute approximate surface area is 65.0 Å². The molecule has 0 fully saturated rings. The molecule has 60 valence electrons. The summed E-state index contributed by atoms with van der Waals surface area (Å²) in [5.41, 5.74) is 5.31. The maximum Gasteiger partial charge on any atom is 0.185 e. The van der Waals surface area contributed by atoms with Crippen LogP contribution in [0.4, 0.5) is 0 Å². The molecule has 1 heterocycles. The zero-order valence-electron chi connectivity index (χ0n) is 6.23. The van der Waals surface area contributed by atoms with E-state index >= 15 is 0 Å². The first-order chi connectivity index (χ1) is 5.38. The van der Waals surface area contributed by atoms with Crippen molar-refractivity contribution in [3.63, 3.8) is 0 Å². The second kappa shape index (κ2) is 3.88. The molecule has 0 aliphatic heterocycles. The number of hydrogen-bond acceptors (Lipinski definition) is 3. The highest BCUT2D eigenvalue weighted by Crippen LogP contribution is 1.94. The van der Waals surface area contributed by atoms with Crippen molar-refractivity contribution in [1.29, 1.82) is 0 Å². The Kier molecular flexibility index (Phi) is 2.80. The van der Waals surface area contributed by atoms with E-state index in [1.54, 1.807) is 17.0 Å². The second-order valence-electron chi connectivity index (χ2n) is 2.24. The van der Waals surface area contributed by atoms with E-state index in [2.05, 4.69) is 4.98 Å². The van der Waals surface area contributed by atoms with E-state index in [1.807, 2.05) is 0 Å². The lowest BCUT2D eigenvalue weighted by molar-refractivity contribution is 0.111. The number of carbonyl (C=O) groups is 1. The summed E-state index contributed by atoms with van der Waals surface area (Å²) in [4.78, 5) is 14.2. The van der Waals surface area contributed by atoms with Gasteiger partial charge in [-0.25, -0.2) is 4.98 Å². The number of hydrogen-bond donors (Lipinski definition) is 1. The molecule has 0 saturated heterocycles. The molecule has 1 aromatic rings. The molecule has 1 rings (SSSR count). The molecule has 4 nitrogen and oxygen atoms in total. The van der Waals surface area contributed by atoms with E-state index in [0.717, 1.165) is 19.3 Å². The average molecular weight is 153 g/mol. The van der Waals surface area contributed by atoms with Gasteiger partial charge in [-0.15, -0.1) is 0 Å². The second-order valence-corrected chi connectivity index (χ2v) is 2.24. The first-order valence-electron chi connectivity index (χ1n) is 3.55. The van der Waals surface area contributed by atoms with Gasteiger partial charge in [0.2, 0.25) is 0 Å². The van der Waals surface area contributed by atoms with Crippen LogP contribution in [0.25, 0.3) is 0 Å². The van der Waals surface area contributed by atoms with Crippen molar-refractivity contribution in [2.45, 2.75) is 13.0 Å². The van der Waals surface area contributed by atoms with Gasteiger partial charge < -0.3 is 10.3 Å². The van der Waals surface area contributed by atoms with Crippen LogP contribution in [0, 0.1) is 0 Å². The van der Waals surface area contributed by atoms with Crippen LogP contribution in [0.2, 0.25) is 0 Å². The van der Waals surface area contributed by atoms with Crippen molar-refractivity contribution in [3.05, 3.63) is 18.2 Å². The van der Waals surface area contributed by atoms with Crippen LogP contribution in [-0.2, 0) is 6.54 Å². The molecule has 2 N–H and O–H groups in total. The lowest BCUT2D eigenvalue weighted by Crippen LogP contribution is -2.07. The summed E-state index contributed by atoms with van der Waals surface area (Å²) in [5.74, 6) is 0.471. The molecule has 0 aliphatic rings. The van der Waals surface area contributed by atoms with Crippen LogP contribution < -0.4 is 5.73 Å². The topological polar surface area (TPSA) is 60.9 Å². The molecule has 0 saturated carbocycles. The fourth-order valence-corrected chi connectivity index (χ4v) is 0.890. The van der Waals surface area contributed by atoms with Crippen LogP contribution in [0.15, 0.2) is 12.4 Å².